The molecule has 0 aliphatic carbocycles. The van der Waals surface area contributed by atoms with Gasteiger partial charge in [0.05, 0.1) is 33.1 Å². The predicted molar refractivity (Wildman–Crippen MR) is 152 cm³/mol. The molecule has 10 nitrogen and oxygen atoms in total. The van der Waals surface area contributed by atoms with Crippen molar-refractivity contribution >= 4 is 29.0 Å². The molecule has 3 aromatic carbocycles. The van der Waals surface area contributed by atoms with Crippen LogP contribution in [0.15, 0.2) is 84.2 Å². The summed E-state index contributed by atoms with van der Waals surface area (Å²) in [6.07, 6.45) is 1.42. The molecular weight excluding hydrogens is 529 g/mol. The zero-order valence-corrected chi connectivity index (χ0v) is 22.8. The predicted octanol–water partition coefficient (Wildman–Crippen LogP) is 5.23. The van der Waals surface area contributed by atoms with Crippen LogP contribution in [0.2, 0.25) is 0 Å². The van der Waals surface area contributed by atoms with Crippen LogP contribution in [0, 0.1) is 5.82 Å². The number of amides is 2. The molecule has 210 valence electrons. The Morgan fingerprint density at radius 2 is 1.49 bits per heavy atom. The summed E-state index contributed by atoms with van der Waals surface area (Å²) in [4.78, 5) is 27.0. The van der Waals surface area contributed by atoms with Crippen LogP contribution in [0.3, 0.4) is 0 Å². The van der Waals surface area contributed by atoms with Crippen LogP contribution in [0.1, 0.15) is 28.9 Å². The fraction of sp³-hybridized carbons (Fsp3) is 0.167. The van der Waals surface area contributed by atoms with E-state index in [1.807, 2.05) is 6.07 Å². The Morgan fingerprint density at radius 3 is 2.12 bits per heavy atom. The Hall–Kier alpha value is -5.32. The van der Waals surface area contributed by atoms with Gasteiger partial charge in [-0.05, 0) is 73.2 Å². The van der Waals surface area contributed by atoms with E-state index in [1.54, 1.807) is 55.1 Å². The average molecular weight is 558 g/mol. The van der Waals surface area contributed by atoms with Crippen molar-refractivity contribution in [3.63, 3.8) is 0 Å². The summed E-state index contributed by atoms with van der Waals surface area (Å²) in [5, 5.41) is 13.4. The van der Waals surface area contributed by atoms with Gasteiger partial charge < -0.3 is 30.2 Å². The maximum Gasteiger partial charge on any atom is 0.261 e. The van der Waals surface area contributed by atoms with Crippen molar-refractivity contribution in [1.82, 2.24) is 9.78 Å². The first-order chi connectivity index (χ1) is 19.8. The second kappa shape index (κ2) is 11.4. The summed E-state index contributed by atoms with van der Waals surface area (Å²) in [6.45, 7) is 1.76. The van der Waals surface area contributed by atoms with E-state index in [0.717, 1.165) is 0 Å². The molecule has 1 aromatic heterocycles. The number of fused-ring (bicyclic) bond motifs is 1. The summed E-state index contributed by atoms with van der Waals surface area (Å²) in [5.41, 5.74) is 2.84. The van der Waals surface area contributed by atoms with E-state index in [1.165, 1.54) is 44.7 Å². The number of hydrogen-bond acceptors (Lipinski definition) is 7. The van der Waals surface area contributed by atoms with Gasteiger partial charge in [-0.1, -0.05) is 6.07 Å². The van der Waals surface area contributed by atoms with Gasteiger partial charge >= 0.3 is 0 Å². The number of benzene rings is 3. The number of nitrogens with zero attached hydrogens (tertiary/aromatic N) is 2. The number of nitrogens with one attached hydrogen (secondary N) is 3. The first kappa shape index (κ1) is 27.3. The number of carbonyl (C=O) groups is 2. The molecule has 1 aliphatic rings. The molecule has 11 heteroatoms. The van der Waals surface area contributed by atoms with Gasteiger partial charge in [0.15, 0.2) is 11.5 Å². The smallest absolute Gasteiger partial charge is 0.261 e. The third-order valence-electron chi connectivity index (χ3n) is 6.69. The van der Waals surface area contributed by atoms with Crippen molar-refractivity contribution in [3.05, 3.63) is 101 Å². The first-order valence-electron chi connectivity index (χ1n) is 12.6. The molecule has 4 aromatic rings. The average Bonchev–Trinajstić information content (AvgIpc) is 3.41. The van der Waals surface area contributed by atoms with Crippen molar-refractivity contribution in [2.45, 2.75) is 13.0 Å². The Bertz CT molecular complexity index is 1630. The largest absolute Gasteiger partial charge is 0.497 e. The topological polar surface area (TPSA) is 116 Å². The molecule has 0 unspecified atom stereocenters. The van der Waals surface area contributed by atoms with E-state index in [-0.39, 0.29) is 11.5 Å². The maximum atomic E-state index is 13.8. The fourth-order valence-electron chi connectivity index (χ4n) is 4.65. The summed E-state index contributed by atoms with van der Waals surface area (Å²) in [6, 6.07) is 17.0. The summed E-state index contributed by atoms with van der Waals surface area (Å²) < 4.78 is 31.1. The van der Waals surface area contributed by atoms with Gasteiger partial charge in [-0.3, -0.25) is 9.59 Å². The second-order valence-corrected chi connectivity index (χ2v) is 9.18. The number of methoxy groups -OCH3 is 3. The van der Waals surface area contributed by atoms with Gasteiger partial charge in [0.1, 0.15) is 29.0 Å². The number of rotatable bonds is 8. The second-order valence-electron chi connectivity index (χ2n) is 9.18. The fourth-order valence-corrected chi connectivity index (χ4v) is 4.65. The summed E-state index contributed by atoms with van der Waals surface area (Å²) >= 11 is 0. The van der Waals surface area contributed by atoms with Gasteiger partial charge in [-0.15, -0.1) is 0 Å². The zero-order valence-electron chi connectivity index (χ0n) is 22.8. The maximum absolute atomic E-state index is 13.8. The molecule has 0 radical (unpaired) electrons. The first-order valence-corrected chi connectivity index (χ1v) is 12.6. The third kappa shape index (κ3) is 5.42. The van der Waals surface area contributed by atoms with E-state index in [2.05, 4.69) is 21.0 Å². The highest BCUT2D eigenvalue weighted by Crippen LogP contribution is 2.40. The Kier molecular flexibility index (Phi) is 7.59. The van der Waals surface area contributed by atoms with E-state index in [0.29, 0.717) is 51.3 Å². The lowest BCUT2D eigenvalue weighted by Gasteiger charge is -2.30. The quantitative estimate of drug-likeness (QED) is 0.272. The summed E-state index contributed by atoms with van der Waals surface area (Å²) in [5.74, 6) is 0.825. The molecule has 0 spiro atoms. The van der Waals surface area contributed by atoms with Crippen molar-refractivity contribution in [3.8, 4) is 17.2 Å². The molecule has 0 saturated carbocycles. The van der Waals surface area contributed by atoms with Crippen LogP contribution >= 0.6 is 0 Å². The van der Waals surface area contributed by atoms with Crippen molar-refractivity contribution in [2.75, 3.05) is 37.3 Å². The molecule has 5 rings (SSSR count). The number of halogens is 1. The van der Waals surface area contributed by atoms with Gasteiger partial charge in [0, 0.05) is 17.1 Å². The zero-order chi connectivity index (χ0) is 29.1. The minimum absolute atomic E-state index is 0.244. The van der Waals surface area contributed by atoms with Crippen molar-refractivity contribution in [1.29, 1.82) is 0 Å². The number of carbonyl (C=O) groups excluding carboxylic acids is 2. The van der Waals surface area contributed by atoms with Crippen LogP contribution < -0.4 is 30.2 Å². The minimum atomic E-state index is -0.725. The lowest BCUT2D eigenvalue weighted by Crippen LogP contribution is -2.32. The van der Waals surface area contributed by atoms with Gasteiger partial charge in [0.2, 0.25) is 0 Å². The molecular formula is C30H28FN5O5. The standard InChI is InChI=1S/C30H28FN5O5/c1-17-26(30(38)35-21-10-12-22(39-2)13-11-21)27(18-5-14-24(40-3)25(15-18)41-4)36-28(33-17)23(16-32-36)29(37)34-20-8-6-19(31)7-9-20/h5-16,27,33H,1-4H3,(H,34,37)(H,35,38)/t27-/m1/s1. The lowest BCUT2D eigenvalue weighted by atomic mass is 9.94. The molecule has 1 atom stereocenters. The molecule has 0 saturated heterocycles. The third-order valence-corrected chi connectivity index (χ3v) is 6.69. The number of hydrogen-bond donors (Lipinski definition) is 3. The molecule has 3 N–H and O–H groups in total. The SMILES string of the molecule is COc1ccc(NC(=O)C2=C(C)Nc3c(C(=O)Nc4ccc(F)cc4)cnn3[C@@H]2c2ccc(OC)c(OC)c2)cc1. The highest BCUT2D eigenvalue weighted by molar-refractivity contribution is 6.09. The van der Waals surface area contributed by atoms with E-state index >= 15 is 0 Å². The molecule has 2 amide bonds. The van der Waals surface area contributed by atoms with Gasteiger partial charge in [-0.2, -0.15) is 5.10 Å². The lowest BCUT2D eigenvalue weighted by molar-refractivity contribution is -0.113. The van der Waals surface area contributed by atoms with Crippen LogP contribution in [0.4, 0.5) is 21.6 Å². The molecule has 41 heavy (non-hydrogen) atoms. The molecule has 0 bridgehead atoms. The van der Waals surface area contributed by atoms with E-state index in [4.69, 9.17) is 14.2 Å². The Morgan fingerprint density at radius 1 is 0.854 bits per heavy atom. The highest BCUT2D eigenvalue weighted by atomic mass is 19.1. The molecule has 0 fully saturated rings. The van der Waals surface area contributed by atoms with Crippen molar-refractivity contribution in [2.24, 2.45) is 0 Å². The van der Waals surface area contributed by atoms with E-state index < -0.39 is 17.8 Å². The number of aromatic nitrogens is 2. The van der Waals surface area contributed by atoms with Crippen molar-refractivity contribution < 1.29 is 28.2 Å². The van der Waals surface area contributed by atoms with Crippen LogP contribution in [-0.2, 0) is 4.79 Å². The minimum Gasteiger partial charge on any atom is -0.497 e. The van der Waals surface area contributed by atoms with Crippen LogP contribution in [0.25, 0.3) is 0 Å². The van der Waals surface area contributed by atoms with Crippen LogP contribution in [-0.4, -0.2) is 42.9 Å². The number of anilines is 3. The molecule has 2 heterocycles. The normalized spacial score (nSPS) is 14.0. The number of allylic oxidation sites excluding steroid dienone is 1. The van der Waals surface area contributed by atoms with E-state index in [9.17, 15) is 14.0 Å². The molecule has 1 aliphatic heterocycles. The number of ether oxygens (including phenoxy) is 3. The van der Waals surface area contributed by atoms with Gasteiger partial charge in [0.25, 0.3) is 11.8 Å². The monoisotopic (exact) mass is 557 g/mol. The highest BCUT2D eigenvalue weighted by Gasteiger charge is 2.36. The Labute approximate surface area is 235 Å². The Balaban J connectivity index is 1.55. The summed E-state index contributed by atoms with van der Waals surface area (Å²) in [7, 11) is 4.64. The van der Waals surface area contributed by atoms with Gasteiger partial charge in [-0.25, -0.2) is 9.07 Å². The van der Waals surface area contributed by atoms with Crippen LogP contribution in [0.5, 0.6) is 17.2 Å².